The van der Waals surface area contributed by atoms with Gasteiger partial charge in [0, 0.05) is 50.9 Å². The number of amides is 2. The Hall–Kier alpha value is -2.37. The minimum absolute atomic E-state index is 0.0301. The Kier molecular flexibility index (Phi) is 8.19. The summed E-state index contributed by atoms with van der Waals surface area (Å²) in [6.45, 7) is 5.74. The minimum Gasteiger partial charge on any atom is -0.366 e. The summed E-state index contributed by atoms with van der Waals surface area (Å²) < 4.78 is 49.5. The third-order valence-electron chi connectivity index (χ3n) is 5.86. The number of rotatable bonds is 12. The second-order valence-electron chi connectivity index (χ2n) is 8.88. The zero-order valence-corrected chi connectivity index (χ0v) is 18.9. The highest BCUT2D eigenvalue weighted by molar-refractivity contribution is 5.77. The minimum atomic E-state index is -4.39. The first kappa shape index (κ1) is 25.3. The van der Waals surface area contributed by atoms with Crippen molar-refractivity contribution in [3.8, 4) is 0 Å². The molecule has 0 radical (unpaired) electrons. The van der Waals surface area contributed by atoms with Crippen LogP contribution in [0.1, 0.15) is 25.3 Å². The number of hydrogen-bond donors (Lipinski definition) is 2. The van der Waals surface area contributed by atoms with E-state index in [2.05, 4.69) is 15.5 Å². The van der Waals surface area contributed by atoms with Crippen molar-refractivity contribution in [1.29, 1.82) is 0 Å². The fraction of sp³-hybridized carbons (Fsp3) is 0.636. The van der Waals surface area contributed by atoms with Crippen LogP contribution in [0, 0.1) is 0 Å². The van der Waals surface area contributed by atoms with E-state index < -0.39 is 17.9 Å². The van der Waals surface area contributed by atoms with Crippen molar-refractivity contribution in [1.82, 2.24) is 15.5 Å². The number of benzene rings is 1. The third-order valence-corrected chi connectivity index (χ3v) is 5.86. The SMILES string of the molecule is CC(C)(OC1CN(c2ccc(C3CN(COCC(=O)NCCNC=O)C3)cc2)C1)C(F)(F)F. The molecule has 0 unspecified atom stereocenters. The molecule has 2 heterocycles. The van der Waals surface area contributed by atoms with Gasteiger partial charge in [0.1, 0.15) is 6.61 Å². The smallest absolute Gasteiger partial charge is 0.366 e. The van der Waals surface area contributed by atoms with Gasteiger partial charge < -0.3 is 25.0 Å². The molecule has 0 saturated carbocycles. The first-order chi connectivity index (χ1) is 15.6. The Labute approximate surface area is 191 Å². The molecule has 1 aromatic carbocycles. The van der Waals surface area contributed by atoms with Gasteiger partial charge in [0.15, 0.2) is 5.60 Å². The molecule has 0 bridgehead atoms. The zero-order chi connectivity index (χ0) is 24.1. The predicted octanol–water partition coefficient (Wildman–Crippen LogP) is 1.47. The Morgan fingerprint density at radius 2 is 1.79 bits per heavy atom. The Balaban J connectivity index is 1.31. The predicted molar refractivity (Wildman–Crippen MR) is 116 cm³/mol. The summed E-state index contributed by atoms with van der Waals surface area (Å²) in [5.41, 5.74) is 0.0189. The number of carbonyl (C=O) groups is 2. The van der Waals surface area contributed by atoms with Crippen LogP contribution in [0.3, 0.4) is 0 Å². The number of halogens is 3. The van der Waals surface area contributed by atoms with Crippen molar-refractivity contribution in [2.24, 2.45) is 0 Å². The van der Waals surface area contributed by atoms with Crippen molar-refractivity contribution < 1.29 is 32.2 Å². The molecule has 2 fully saturated rings. The molecular formula is C22H31F3N4O4. The zero-order valence-electron chi connectivity index (χ0n) is 18.9. The highest BCUT2D eigenvalue weighted by atomic mass is 19.4. The van der Waals surface area contributed by atoms with Gasteiger partial charge in [0.25, 0.3) is 0 Å². The van der Waals surface area contributed by atoms with E-state index in [1.54, 1.807) is 0 Å². The molecule has 11 heteroatoms. The van der Waals surface area contributed by atoms with E-state index in [0.29, 0.717) is 45.2 Å². The first-order valence-corrected chi connectivity index (χ1v) is 10.9. The molecule has 0 atom stereocenters. The summed E-state index contributed by atoms with van der Waals surface area (Å²) in [4.78, 5) is 25.8. The summed E-state index contributed by atoms with van der Waals surface area (Å²) in [5.74, 6) is 0.155. The largest absolute Gasteiger partial charge is 0.416 e. The monoisotopic (exact) mass is 472 g/mol. The van der Waals surface area contributed by atoms with E-state index in [-0.39, 0.29) is 12.5 Å². The number of alkyl halides is 3. The van der Waals surface area contributed by atoms with Crippen LogP contribution in [-0.2, 0) is 19.1 Å². The molecule has 2 N–H and O–H groups in total. The maximum absolute atomic E-state index is 13.0. The van der Waals surface area contributed by atoms with E-state index in [4.69, 9.17) is 9.47 Å². The lowest BCUT2D eigenvalue weighted by Crippen LogP contribution is -2.57. The van der Waals surface area contributed by atoms with Gasteiger partial charge in [-0.05, 0) is 31.5 Å². The topological polar surface area (TPSA) is 83.1 Å². The quantitative estimate of drug-likeness (QED) is 0.354. The molecule has 1 aromatic rings. The van der Waals surface area contributed by atoms with Crippen LogP contribution in [0.2, 0.25) is 0 Å². The van der Waals surface area contributed by atoms with E-state index in [1.807, 2.05) is 29.2 Å². The van der Waals surface area contributed by atoms with Gasteiger partial charge in [0.05, 0.1) is 12.8 Å². The lowest BCUT2D eigenvalue weighted by Gasteiger charge is -2.44. The molecule has 0 aliphatic carbocycles. The van der Waals surface area contributed by atoms with E-state index >= 15 is 0 Å². The number of nitrogens with one attached hydrogen (secondary N) is 2. The number of hydrogen-bond acceptors (Lipinski definition) is 6. The second-order valence-corrected chi connectivity index (χ2v) is 8.88. The lowest BCUT2D eigenvalue weighted by molar-refractivity contribution is -0.278. The number of nitrogens with zero attached hydrogens (tertiary/aromatic N) is 2. The summed E-state index contributed by atoms with van der Waals surface area (Å²) in [5, 5.41) is 5.10. The highest BCUT2D eigenvalue weighted by Gasteiger charge is 2.51. The van der Waals surface area contributed by atoms with Crippen LogP contribution in [0.25, 0.3) is 0 Å². The summed E-state index contributed by atoms with van der Waals surface area (Å²) in [7, 11) is 0. The summed E-state index contributed by atoms with van der Waals surface area (Å²) >= 11 is 0. The van der Waals surface area contributed by atoms with Gasteiger partial charge in [-0.2, -0.15) is 13.2 Å². The fourth-order valence-electron chi connectivity index (χ4n) is 3.70. The highest BCUT2D eigenvalue weighted by Crippen LogP contribution is 2.36. The number of ether oxygens (including phenoxy) is 2. The molecule has 33 heavy (non-hydrogen) atoms. The van der Waals surface area contributed by atoms with Crippen LogP contribution < -0.4 is 15.5 Å². The van der Waals surface area contributed by atoms with Crippen LogP contribution in [0.4, 0.5) is 18.9 Å². The number of carbonyl (C=O) groups excluding carboxylic acids is 2. The third kappa shape index (κ3) is 6.81. The van der Waals surface area contributed by atoms with Gasteiger partial charge >= 0.3 is 6.18 Å². The van der Waals surface area contributed by atoms with Crippen LogP contribution in [-0.4, -0.2) is 87.7 Å². The van der Waals surface area contributed by atoms with E-state index in [1.165, 1.54) is 5.56 Å². The van der Waals surface area contributed by atoms with Gasteiger partial charge in [-0.25, -0.2) is 0 Å². The normalized spacial score (nSPS) is 17.9. The van der Waals surface area contributed by atoms with E-state index in [0.717, 1.165) is 32.6 Å². The molecule has 3 rings (SSSR count). The van der Waals surface area contributed by atoms with Crippen LogP contribution >= 0.6 is 0 Å². The Morgan fingerprint density at radius 3 is 2.39 bits per heavy atom. The first-order valence-electron chi connectivity index (χ1n) is 10.9. The Morgan fingerprint density at radius 1 is 1.12 bits per heavy atom. The van der Waals surface area contributed by atoms with Crippen LogP contribution in [0.15, 0.2) is 24.3 Å². The average molecular weight is 473 g/mol. The molecule has 0 spiro atoms. The van der Waals surface area contributed by atoms with Crippen molar-refractivity contribution >= 4 is 18.0 Å². The molecule has 2 saturated heterocycles. The van der Waals surface area contributed by atoms with Crippen LogP contribution in [0.5, 0.6) is 0 Å². The maximum atomic E-state index is 13.0. The molecular weight excluding hydrogens is 441 g/mol. The van der Waals surface area contributed by atoms with Gasteiger partial charge in [0.2, 0.25) is 12.3 Å². The van der Waals surface area contributed by atoms with E-state index in [9.17, 15) is 22.8 Å². The lowest BCUT2D eigenvalue weighted by atomic mass is 9.91. The van der Waals surface area contributed by atoms with Crippen molar-refractivity contribution in [2.75, 3.05) is 57.5 Å². The van der Waals surface area contributed by atoms with Gasteiger partial charge in [-0.15, -0.1) is 0 Å². The van der Waals surface area contributed by atoms with Crippen molar-refractivity contribution in [3.05, 3.63) is 29.8 Å². The van der Waals surface area contributed by atoms with Crippen molar-refractivity contribution in [2.45, 2.75) is 37.6 Å². The molecule has 0 aromatic heterocycles. The molecule has 2 aliphatic heterocycles. The standard InChI is InChI=1S/C22H31F3N4O4/c1-21(2,22(23,24)25)33-19-11-29(12-19)18-5-3-16(4-6-18)17-9-28(10-17)15-32-13-20(31)27-8-7-26-14-30/h3-6,14,17,19H,7-13,15H2,1-2H3,(H,26,30)(H,27,31). The maximum Gasteiger partial charge on any atom is 0.416 e. The fourth-order valence-corrected chi connectivity index (χ4v) is 3.70. The van der Waals surface area contributed by atoms with Gasteiger partial charge in [-0.1, -0.05) is 12.1 Å². The number of anilines is 1. The second kappa shape index (κ2) is 10.7. The number of likely N-dealkylation sites (tertiary alicyclic amines) is 1. The molecule has 2 aliphatic rings. The average Bonchev–Trinajstić information content (AvgIpc) is 2.69. The summed E-state index contributed by atoms with van der Waals surface area (Å²) in [6, 6.07) is 8.08. The molecule has 2 amide bonds. The summed E-state index contributed by atoms with van der Waals surface area (Å²) in [6.07, 6.45) is -4.25. The van der Waals surface area contributed by atoms with Gasteiger partial charge in [-0.3, -0.25) is 14.5 Å². The molecule has 184 valence electrons. The van der Waals surface area contributed by atoms with Crippen molar-refractivity contribution in [3.63, 3.8) is 0 Å². The Bertz CT molecular complexity index is 792. The molecule has 8 nitrogen and oxygen atoms in total.